The van der Waals surface area contributed by atoms with Gasteiger partial charge in [-0.1, -0.05) is 13.8 Å². The molecule has 2 rings (SSSR count). The summed E-state index contributed by atoms with van der Waals surface area (Å²) in [6.07, 6.45) is 3.06. The van der Waals surface area contributed by atoms with E-state index in [0.717, 1.165) is 31.1 Å². The Morgan fingerprint density at radius 2 is 2.29 bits per heavy atom. The second-order valence-electron chi connectivity index (χ2n) is 5.01. The third-order valence-electron chi connectivity index (χ3n) is 3.34. The van der Waals surface area contributed by atoms with Crippen LogP contribution in [0.15, 0.2) is 0 Å². The van der Waals surface area contributed by atoms with Gasteiger partial charge in [-0.3, -0.25) is 9.89 Å². The van der Waals surface area contributed by atoms with Crippen LogP contribution in [-0.4, -0.2) is 39.6 Å². The number of carbonyl (C=O) groups excluding carboxylic acids is 1. The smallest absolute Gasteiger partial charge is 0.293 e. The van der Waals surface area contributed by atoms with Gasteiger partial charge in [0.15, 0.2) is 0 Å². The molecule has 1 N–H and O–H groups in total. The molecule has 5 nitrogen and oxygen atoms in total. The minimum absolute atomic E-state index is 0.0808. The molecule has 1 aliphatic rings. The van der Waals surface area contributed by atoms with Crippen LogP contribution < -0.4 is 0 Å². The molecule has 0 saturated heterocycles. The minimum atomic E-state index is -0.0808. The fraction of sp³-hybridized carbons (Fsp3) is 0.750. The first-order chi connectivity index (χ1) is 8.11. The Morgan fingerprint density at radius 1 is 1.59 bits per heavy atom. The van der Waals surface area contributed by atoms with Gasteiger partial charge < -0.3 is 4.90 Å². The Balaban J connectivity index is 1.93. The van der Waals surface area contributed by atoms with Crippen LogP contribution >= 0.6 is 0 Å². The van der Waals surface area contributed by atoms with Crippen LogP contribution in [0.25, 0.3) is 0 Å². The van der Waals surface area contributed by atoms with Crippen LogP contribution in [0, 0.1) is 11.8 Å². The van der Waals surface area contributed by atoms with Crippen molar-refractivity contribution < 1.29 is 4.79 Å². The Labute approximate surface area is 102 Å². The molecule has 1 aliphatic carbocycles. The van der Waals surface area contributed by atoms with E-state index in [0.29, 0.717) is 11.7 Å². The van der Waals surface area contributed by atoms with Crippen molar-refractivity contribution in [3.05, 3.63) is 11.6 Å². The van der Waals surface area contributed by atoms with Gasteiger partial charge in [0.05, 0.1) is 0 Å². The van der Waals surface area contributed by atoms with Crippen molar-refractivity contribution in [2.24, 2.45) is 11.8 Å². The molecule has 0 aromatic carbocycles. The van der Waals surface area contributed by atoms with Crippen molar-refractivity contribution in [3.63, 3.8) is 0 Å². The predicted octanol–water partition coefficient (Wildman–Crippen LogP) is 1.49. The quantitative estimate of drug-likeness (QED) is 0.842. The van der Waals surface area contributed by atoms with Gasteiger partial charge in [-0.05, 0) is 24.7 Å². The van der Waals surface area contributed by atoms with E-state index in [4.69, 9.17) is 0 Å². The molecule has 0 bridgehead atoms. The number of rotatable bonds is 5. The summed E-state index contributed by atoms with van der Waals surface area (Å²) < 4.78 is 0. The second kappa shape index (κ2) is 4.85. The molecular weight excluding hydrogens is 216 g/mol. The van der Waals surface area contributed by atoms with Crippen LogP contribution in [0.5, 0.6) is 0 Å². The topological polar surface area (TPSA) is 61.9 Å². The number of hydrogen-bond donors (Lipinski definition) is 1. The lowest BCUT2D eigenvalue weighted by molar-refractivity contribution is 0.0775. The third kappa shape index (κ3) is 2.84. The number of carbonyl (C=O) groups is 1. The summed E-state index contributed by atoms with van der Waals surface area (Å²) >= 11 is 0. The van der Waals surface area contributed by atoms with Crippen LogP contribution in [0.4, 0.5) is 0 Å². The average molecular weight is 236 g/mol. The molecule has 94 valence electrons. The summed E-state index contributed by atoms with van der Waals surface area (Å²) in [5, 5.41) is 6.79. The van der Waals surface area contributed by atoms with Gasteiger partial charge in [0.2, 0.25) is 5.82 Å². The highest BCUT2D eigenvalue weighted by Crippen LogP contribution is 2.38. The van der Waals surface area contributed by atoms with E-state index in [9.17, 15) is 4.79 Å². The van der Waals surface area contributed by atoms with Gasteiger partial charge in [-0.2, -0.15) is 0 Å². The SMILES string of the molecule is CCCc1nc(C(=O)N(C)CC2CC2C)n[nH]1. The van der Waals surface area contributed by atoms with E-state index in [-0.39, 0.29) is 5.91 Å². The highest BCUT2D eigenvalue weighted by atomic mass is 16.2. The maximum atomic E-state index is 12.0. The minimum Gasteiger partial charge on any atom is -0.339 e. The predicted molar refractivity (Wildman–Crippen MR) is 64.6 cm³/mol. The lowest BCUT2D eigenvalue weighted by atomic mass is 10.3. The van der Waals surface area contributed by atoms with Crippen molar-refractivity contribution in [3.8, 4) is 0 Å². The Morgan fingerprint density at radius 3 is 2.88 bits per heavy atom. The van der Waals surface area contributed by atoms with Crippen molar-refractivity contribution >= 4 is 5.91 Å². The standard InChI is InChI=1S/C12H20N4O/c1-4-5-10-13-11(15-14-10)12(17)16(3)7-9-6-8(9)2/h8-9H,4-7H2,1-3H3,(H,13,14,15). The summed E-state index contributed by atoms with van der Waals surface area (Å²) in [5.41, 5.74) is 0. The molecule has 1 aromatic heterocycles. The van der Waals surface area contributed by atoms with Gasteiger partial charge >= 0.3 is 0 Å². The van der Waals surface area contributed by atoms with E-state index in [1.165, 1.54) is 6.42 Å². The zero-order chi connectivity index (χ0) is 12.4. The number of aromatic amines is 1. The van der Waals surface area contributed by atoms with Crippen LogP contribution in [0.1, 0.15) is 43.1 Å². The number of hydrogen-bond acceptors (Lipinski definition) is 3. The van der Waals surface area contributed by atoms with Crippen LogP contribution in [-0.2, 0) is 6.42 Å². The maximum absolute atomic E-state index is 12.0. The molecule has 0 radical (unpaired) electrons. The highest BCUT2D eigenvalue weighted by molar-refractivity contribution is 5.90. The number of amides is 1. The maximum Gasteiger partial charge on any atom is 0.293 e. The lowest BCUT2D eigenvalue weighted by Crippen LogP contribution is -2.30. The van der Waals surface area contributed by atoms with E-state index in [1.807, 2.05) is 7.05 Å². The molecule has 5 heteroatoms. The molecule has 0 aliphatic heterocycles. The average Bonchev–Trinajstić information content (AvgIpc) is 2.81. The van der Waals surface area contributed by atoms with E-state index in [1.54, 1.807) is 4.90 Å². The van der Waals surface area contributed by atoms with Crippen molar-refractivity contribution in [2.45, 2.75) is 33.1 Å². The lowest BCUT2D eigenvalue weighted by Gasteiger charge is -2.14. The molecule has 1 amide bonds. The Bertz CT molecular complexity index is 401. The zero-order valence-electron chi connectivity index (χ0n) is 10.7. The summed E-state index contributed by atoms with van der Waals surface area (Å²) in [7, 11) is 1.82. The molecule has 1 heterocycles. The van der Waals surface area contributed by atoms with Gasteiger partial charge in [-0.25, -0.2) is 4.98 Å². The summed E-state index contributed by atoms with van der Waals surface area (Å²) in [4.78, 5) is 18.0. The summed E-state index contributed by atoms with van der Waals surface area (Å²) in [5.74, 6) is 2.43. The van der Waals surface area contributed by atoms with Gasteiger partial charge in [0.1, 0.15) is 5.82 Å². The van der Waals surface area contributed by atoms with Gasteiger partial charge in [-0.15, -0.1) is 5.10 Å². The number of nitrogens with zero attached hydrogens (tertiary/aromatic N) is 3. The molecule has 2 unspecified atom stereocenters. The molecule has 0 spiro atoms. The molecule has 17 heavy (non-hydrogen) atoms. The largest absolute Gasteiger partial charge is 0.339 e. The van der Waals surface area contributed by atoms with Crippen molar-refractivity contribution in [1.29, 1.82) is 0 Å². The first-order valence-electron chi connectivity index (χ1n) is 6.28. The Kier molecular flexibility index (Phi) is 3.45. The molecule has 1 aromatic rings. The molecule has 2 atom stereocenters. The Hall–Kier alpha value is -1.39. The van der Waals surface area contributed by atoms with Gasteiger partial charge in [0, 0.05) is 20.0 Å². The highest BCUT2D eigenvalue weighted by Gasteiger charge is 2.34. The molecule has 1 fully saturated rings. The fourth-order valence-corrected chi connectivity index (χ4v) is 2.00. The van der Waals surface area contributed by atoms with Crippen molar-refractivity contribution in [1.82, 2.24) is 20.1 Å². The number of nitrogens with one attached hydrogen (secondary N) is 1. The number of aromatic nitrogens is 3. The van der Waals surface area contributed by atoms with Gasteiger partial charge in [0.25, 0.3) is 5.91 Å². The van der Waals surface area contributed by atoms with E-state index >= 15 is 0 Å². The van der Waals surface area contributed by atoms with E-state index in [2.05, 4.69) is 29.0 Å². The van der Waals surface area contributed by atoms with Crippen LogP contribution in [0.2, 0.25) is 0 Å². The summed E-state index contributed by atoms with van der Waals surface area (Å²) in [6.45, 7) is 5.11. The first-order valence-corrected chi connectivity index (χ1v) is 6.28. The second-order valence-corrected chi connectivity index (χ2v) is 5.01. The monoisotopic (exact) mass is 236 g/mol. The molecule has 1 saturated carbocycles. The van der Waals surface area contributed by atoms with E-state index < -0.39 is 0 Å². The third-order valence-corrected chi connectivity index (χ3v) is 3.34. The number of aryl methyl sites for hydroxylation is 1. The molecular formula is C12H20N4O. The number of H-pyrrole nitrogens is 1. The fourth-order valence-electron chi connectivity index (χ4n) is 2.00. The normalized spacial score (nSPS) is 22.5. The van der Waals surface area contributed by atoms with Crippen LogP contribution in [0.3, 0.4) is 0 Å². The summed E-state index contributed by atoms with van der Waals surface area (Å²) in [6, 6.07) is 0. The van der Waals surface area contributed by atoms with Crippen molar-refractivity contribution in [2.75, 3.05) is 13.6 Å². The first kappa shape index (κ1) is 12.1. The zero-order valence-corrected chi connectivity index (χ0v) is 10.7.